The number of hydrogen-bond donors (Lipinski definition) is 0. The fraction of sp³-hybridized carbons (Fsp3) is 0. The lowest BCUT2D eigenvalue weighted by Crippen LogP contribution is -1.73. The molecule has 2 rings (SSSR count). The van der Waals surface area contributed by atoms with E-state index in [0.717, 1.165) is 11.1 Å². The van der Waals surface area contributed by atoms with E-state index in [9.17, 15) is 0 Å². The highest BCUT2D eigenvalue weighted by molar-refractivity contribution is 6.92. The first-order chi connectivity index (χ1) is 6.95. The molecule has 82 valence electrons. The van der Waals surface area contributed by atoms with E-state index in [-0.39, 0.29) is 15.4 Å². The molecule has 2 aromatic rings. The summed E-state index contributed by atoms with van der Waals surface area (Å²) in [5.41, 5.74) is 2.10. The number of hydrogen-bond acceptors (Lipinski definition) is 0. The molecular weight excluding hydrogens is 215 g/mol. The summed E-state index contributed by atoms with van der Waals surface area (Å²) in [5, 5.41) is 0. The van der Waals surface area contributed by atoms with Crippen LogP contribution < -0.4 is 0 Å². The quantitative estimate of drug-likeness (QED) is 0.491. The van der Waals surface area contributed by atoms with Gasteiger partial charge in [0.2, 0.25) is 0 Å². The molecule has 0 fully saturated rings. The number of benzene rings is 2. The van der Waals surface area contributed by atoms with Crippen LogP contribution in [0.1, 0.15) is 11.1 Å². The summed E-state index contributed by atoms with van der Waals surface area (Å²) in [6.45, 7) is 0. The van der Waals surface area contributed by atoms with Gasteiger partial charge in [-0.25, -0.2) is 0 Å². The second-order valence-electron chi connectivity index (χ2n) is 2.98. The van der Waals surface area contributed by atoms with Crippen LogP contribution in [0.15, 0.2) is 60.7 Å². The molecule has 0 saturated carbocycles. The summed E-state index contributed by atoms with van der Waals surface area (Å²) < 4.78 is 0. The van der Waals surface area contributed by atoms with Crippen molar-refractivity contribution in [3.8, 4) is 11.8 Å². The molecule has 0 spiro atoms. The van der Waals surface area contributed by atoms with Crippen molar-refractivity contribution < 1.29 is 5.48 Å². The van der Waals surface area contributed by atoms with E-state index in [4.69, 9.17) is 0 Å². The molecule has 0 radical (unpaired) electrons. The Morgan fingerprint density at radius 1 is 0.562 bits per heavy atom. The molecule has 0 aliphatic carbocycles. The third kappa shape index (κ3) is 4.28. The van der Waals surface area contributed by atoms with E-state index in [1.807, 2.05) is 60.7 Å². The maximum atomic E-state index is 3.11. The fourth-order valence-electron chi connectivity index (χ4n) is 1.19. The van der Waals surface area contributed by atoms with Crippen molar-refractivity contribution in [3.63, 3.8) is 0 Å². The van der Waals surface area contributed by atoms with E-state index in [2.05, 4.69) is 11.8 Å². The Morgan fingerprint density at radius 3 is 1.19 bits per heavy atom. The predicted molar refractivity (Wildman–Crippen MR) is 73.6 cm³/mol. The topological polar surface area (TPSA) is 31.5 Å². The molecule has 1 unspecified atom stereocenters. The van der Waals surface area contributed by atoms with Crippen LogP contribution in [-0.4, -0.2) is 5.48 Å². The normalized spacial score (nSPS) is 7.75. The Morgan fingerprint density at radius 2 is 0.875 bits per heavy atom. The second kappa shape index (κ2) is 7.65. The minimum Gasteiger partial charge on any atom is -0.412 e. The Hall–Kier alpha value is -1.61. The van der Waals surface area contributed by atoms with Crippen molar-refractivity contribution in [1.82, 2.24) is 0 Å². The number of rotatable bonds is 0. The van der Waals surface area contributed by atoms with Gasteiger partial charge in [0.1, 0.15) is 0 Å². The fourth-order valence-corrected chi connectivity index (χ4v) is 1.19. The van der Waals surface area contributed by atoms with E-state index < -0.39 is 0 Å². The Bertz CT molecular complexity index is 411. The molecule has 0 saturated heterocycles. The molecule has 2 N–H and O–H groups in total. The Kier molecular flexibility index (Phi) is 6.88. The van der Waals surface area contributed by atoms with Gasteiger partial charge in [-0.1, -0.05) is 48.2 Å². The maximum Gasteiger partial charge on any atom is 0.0249 e. The SMILES string of the molecule is C(#Cc1ccccc1)c1ccccc1.O.P. The minimum absolute atomic E-state index is 0. The van der Waals surface area contributed by atoms with Gasteiger partial charge in [0, 0.05) is 11.1 Å². The van der Waals surface area contributed by atoms with E-state index in [1.165, 1.54) is 0 Å². The van der Waals surface area contributed by atoms with Gasteiger partial charge in [0.25, 0.3) is 0 Å². The van der Waals surface area contributed by atoms with Crippen molar-refractivity contribution in [2.45, 2.75) is 0 Å². The largest absolute Gasteiger partial charge is 0.412 e. The lowest BCUT2D eigenvalue weighted by atomic mass is 10.2. The van der Waals surface area contributed by atoms with Crippen molar-refractivity contribution in [2.24, 2.45) is 0 Å². The third-order valence-corrected chi connectivity index (χ3v) is 1.90. The lowest BCUT2D eigenvalue weighted by Gasteiger charge is -1.88. The highest BCUT2D eigenvalue weighted by Crippen LogP contribution is 1.98. The van der Waals surface area contributed by atoms with Gasteiger partial charge in [-0.3, -0.25) is 0 Å². The molecule has 16 heavy (non-hydrogen) atoms. The van der Waals surface area contributed by atoms with Crippen LogP contribution in [0.4, 0.5) is 0 Å². The van der Waals surface area contributed by atoms with Crippen molar-refractivity contribution in [2.75, 3.05) is 0 Å². The second-order valence-corrected chi connectivity index (χ2v) is 2.98. The zero-order valence-electron chi connectivity index (χ0n) is 8.98. The average molecular weight is 230 g/mol. The summed E-state index contributed by atoms with van der Waals surface area (Å²) in [4.78, 5) is 0. The van der Waals surface area contributed by atoms with Gasteiger partial charge in [-0.15, -0.1) is 0 Å². The molecule has 1 nitrogen and oxygen atoms in total. The van der Waals surface area contributed by atoms with Crippen LogP contribution in [0.2, 0.25) is 0 Å². The molecule has 0 heterocycles. The molecule has 1 atom stereocenters. The molecule has 0 aliphatic heterocycles. The molecule has 2 aromatic carbocycles. The summed E-state index contributed by atoms with van der Waals surface area (Å²) in [6.07, 6.45) is 0. The summed E-state index contributed by atoms with van der Waals surface area (Å²) in [5.74, 6) is 6.22. The first kappa shape index (κ1) is 14.4. The van der Waals surface area contributed by atoms with Crippen molar-refractivity contribution in [3.05, 3.63) is 71.8 Å². The Labute approximate surface area is 99.4 Å². The van der Waals surface area contributed by atoms with Gasteiger partial charge in [-0.2, -0.15) is 9.90 Å². The van der Waals surface area contributed by atoms with Crippen LogP contribution in [0.5, 0.6) is 0 Å². The van der Waals surface area contributed by atoms with Crippen molar-refractivity contribution in [1.29, 1.82) is 0 Å². The molecular formula is C14H15OP. The van der Waals surface area contributed by atoms with Gasteiger partial charge < -0.3 is 5.48 Å². The molecule has 0 bridgehead atoms. The first-order valence-corrected chi connectivity index (χ1v) is 4.57. The lowest BCUT2D eigenvalue weighted by molar-refractivity contribution is 0.824. The zero-order chi connectivity index (χ0) is 9.64. The van der Waals surface area contributed by atoms with Gasteiger partial charge >= 0.3 is 0 Å². The van der Waals surface area contributed by atoms with Crippen LogP contribution in [-0.2, 0) is 0 Å². The summed E-state index contributed by atoms with van der Waals surface area (Å²) in [7, 11) is 0. The van der Waals surface area contributed by atoms with Crippen LogP contribution in [0.25, 0.3) is 0 Å². The van der Waals surface area contributed by atoms with E-state index in [0.29, 0.717) is 0 Å². The minimum atomic E-state index is 0. The van der Waals surface area contributed by atoms with Crippen LogP contribution in [0, 0.1) is 11.8 Å². The van der Waals surface area contributed by atoms with Gasteiger partial charge in [0.15, 0.2) is 0 Å². The van der Waals surface area contributed by atoms with Gasteiger partial charge in [0.05, 0.1) is 0 Å². The van der Waals surface area contributed by atoms with E-state index in [1.54, 1.807) is 0 Å². The highest BCUT2D eigenvalue weighted by atomic mass is 31.0. The molecule has 0 aliphatic rings. The summed E-state index contributed by atoms with van der Waals surface area (Å²) in [6, 6.07) is 20.0. The molecule has 0 aromatic heterocycles. The van der Waals surface area contributed by atoms with Gasteiger partial charge in [-0.05, 0) is 24.3 Å². The third-order valence-electron chi connectivity index (χ3n) is 1.90. The molecule has 2 heteroatoms. The zero-order valence-corrected chi connectivity index (χ0v) is 10.4. The first-order valence-electron chi connectivity index (χ1n) is 4.57. The van der Waals surface area contributed by atoms with Crippen LogP contribution >= 0.6 is 9.90 Å². The van der Waals surface area contributed by atoms with E-state index >= 15 is 0 Å². The maximum absolute atomic E-state index is 3.11. The molecule has 0 amide bonds. The monoisotopic (exact) mass is 230 g/mol. The average Bonchev–Trinajstić information content (AvgIpc) is 2.29. The highest BCUT2D eigenvalue weighted by Gasteiger charge is 1.83. The Balaban J connectivity index is 0.00000112. The standard InChI is InChI=1S/C14H10.H2O.H3P/c1-3-7-13(8-4-1)11-12-14-9-5-2-6-10-14;;/h1-10H;1H2;1H3. The smallest absolute Gasteiger partial charge is 0.0249 e. The van der Waals surface area contributed by atoms with Crippen molar-refractivity contribution >= 4 is 9.90 Å². The van der Waals surface area contributed by atoms with Crippen LogP contribution in [0.3, 0.4) is 0 Å². The summed E-state index contributed by atoms with van der Waals surface area (Å²) >= 11 is 0. The predicted octanol–water partition coefficient (Wildman–Crippen LogP) is 2.32.